The Kier molecular flexibility index (Phi) is 8.93. The van der Waals surface area contributed by atoms with Gasteiger partial charge in [0.1, 0.15) is 5.69 Å². The van der Waals surface area contributed by atoms with E-state index in [4.69, 9.17) is 4.74 Å². The molecule has 0 atom stereocenters. The number of anilines is 1. The van der Waals surface area contributed by atoms with Gasteiger partial charge in [0.15, 0.2) is 11.6 Å². The van der Waals surface area contributed by atoms with Gasteiger partial charge in [0.25, 0.3) is 11.5 Å². The number of aromatic nitrogens is 4. The Labute approximate surface area is 247 Å². The summed E-state index contributed by atoms with van der Waals surface area (Å²) in [7, 11) is 0. The number of carbonyl (C=O) groups excluding carboxylic acids is 2. The Morgan fingerprint density at radius 1 is 1.02 bits per heavy atom. The van der Waals surface area contributed by atoms with Crippen molar-refractivity contribution in [3.8, 4) is 5.82 Å². The Morgan fingerprint density at radius 3 is 2.56 bits per heavy atom. The zero-order chi connectivity index (χ0) is 30.4. The fourth-order valence-electron chi connectivity index (χ4n) is 4.20. The molecule has 0 spiro atoms. The molecular formula is C30H24F3N5O4S. The summed E-state index contributed by atoms with van der Waals surface area (Å²) in [6.45, 7) is 0.984. The third-order valence-electron chi connectivity index (χ3n) is 6.31. The predicted octanol–water partition coefficient (Wildman–Crippen LogP) is 5.60. The molecule has 13 heteroatoms. The number of benzene rings is 2. The van der Waals surface area contributed by atoms with E-state index in [1.54, 1.807) is 5.38 Å². The van der Waals surface area contributed by atoms with Gasteiger partial charge in [-0.3, -0.25) is 19.0 Å². The summed E-state index contributed by atoms with van der Waals surface area (Å²) in [5, 5.41) is 4.16. The van der Waals surface area contributed by atoms with E-state index in [0.29, 0.717) is 19.6 Å². The highest BCUT2D eigenvalue weighted by molar-refractivity contribution is 7.07. The van der Waals surface area contributed by atoms with Crippen LogP contribution in [0.25, 0.3) is 5.82 Å². The van der Waals surface area contributed by atoms with Gasteiger partial charge in [-0.15, -0.1) is 11.3 Å². The largest absolute Gasteiger partial charge is 0.416 e. The van der Waals surface area contributed by atoms with Crippen molar-refractivity contribution >= 4 is 28.7 Å². The van der Waals surface area contributed by atoms with Gasteiger partial charge in [0.05, 0.1) is 17.7 Å². The molecule has 0 unspecified atom stereocenters. The van der Waals surface area contributed by atoms with Gasteiger partial charge >= 0.3 is 6.18 Å². The third-order valence-corrected chi connectivity index (χ3v) is 6.89. The summed E-state index contributed by atoms with van der Waals surface area (Å²) in [5.41, 5.74) is 1.24. The van der Waals surface area contributed by atoms with Crippen molar-refractivity contribution in [3.63, 3.8) is 0 Å². The van der Waals surface area contributed by atoms with Crippen LogP contribution in [0, 0.1) is 0 Å². The van der Waals surface area contributed by atoms with Crippen LogP contribution in [0.5, 0.6) is 0 Å². The van der Waals surface area contributed by atoms with Crippen LogP contribution in [0.3, 0.4) is 0 Å². The average Bonchev–Trinajstić information content (AvgIpc) is 3.68. The molecule has 0 aliphatic rings. The fourth-order valence-corrected chi connectivity index (χ4v) is 4.73. The van der Waals surface area contributed by atoms with E-state index in [1.165, 1.54) is 56.6 Å². The maximum absolute atomic E-state index is 13.4. The van der Waals surface area contributed by atoms with Crippen molar-refractivity contribution in [1.29, 1.82) is 0 Å². The van der Waals surface area contributed by atoms with Crippen LogP contribution in [-0.2, 0) is 24.1 Å². The van der Waals surface area contributed by atoms with E-state index < -0.39 is 29.0 Å². The van der Waals surface area contributed by atoms with Gasteiger partial charge in [-0.25, -0.2) is 9.97 Å². The van der Waals surface area contributed by atoms with E-state index in [2.05, 4.69) is 15.3 Å². The van der Waals surface area contributed by atoms with E-state index in [9.17, 15) is 27.6 Å². The smallest absolute Gasteiger partial charge is 0.377 e. The highest BCUT2D eigenvalue weighted by Crippen LogP contribution is 2.30. The molecule has 0 aliphatic heterocycles. The Balaban J connectivity index is 1.38. The van der Waals surface area contributed by atoms with Crippen LogP contribution in [-0.4, -0.2) is 37.4 Å². The molecule has 0 radical (unpaired) electrons. The topological polar surface area (TPSA) is 108 Å². The molecule has 43 heavy (non-hydrogen) atoms. The van der Waals surface area contributed by atoms with E-state index in [0.717, 1.165) is 23.8 Å². The van der Waals surface area contributed by atoms with Gasteiger partial charge in [0, 0.05) is 48.2 Å². The lowest BCUT2D eigenvalue weighted by Gasteiger charge is -2.10. The summed E-state index contributed by atoms with van der Waals surface area (Å²) in [6, 6.07) is 16.3. The molecule has 0 fully saturated rings. The molecule has 1 N–H and O–H groups in total. The molecule has 0 bridgehead atoms. The zero-order valence-corrected chi connectivity index (χ0v) is 23.3. The summed E-state index contributed by atoms with van der Waals surface area (Å²) in [5.74, 6) is -1.26. The molecular weight excluding hydrogens is 583 g/mol. The maximum Gasteiger partial charge on any atom is 0.416 e. The number of hydrogen-bond donors (Lipinski definition) is 1. The molecule has 0 aliphatic carbocycles. The van der Waals surface area contributed by atoms with E-state index in [1.807, 2.05) is 30.3 Å². The predicted molar refractivity (Wildman–Crippen MR) is 153 cm³/mol. The number of ether oxygens (including phenoxy) is 1. The molecule has 5 aromatic rings. The summed E-state index contributed by atoms with van der Waals surface area (Å²) >= 11 is 1.26. The second kappa shape index (κ2) is 13.0. The number of alkyl halides is 3. The van der Waals surface area contributed by atoms with Crippen LogP contribution in [0.4, 0.5) is 18.9 Å². The number of amides is 1. The van der Waals surface area contributed by atoms with Crippen molar-refractivity contribution in [2.24, 2.45) is 0 Å². The highest BCUT2D eigenvalue weighted by atomic mass is 32.1. The molecule has 0 saturated heterocycles. The minimum Gasteiger partial charge on any atom is -0.377 e. The minimum absolute atomic E-state index is 0.0860. The number of rotatable bonds is 11. The minimum atomic E-state index is -4.63. The monoisotopic (exact) mass is 607 g/mol. The number of halogens is 3. The Hall–Kier alpha value is -4.88. The van der Waals surface area contributed by atoms with Crippen LogP contribution in [0.1, 0.15) is 44.2 Å². The van der Waals surface area contributed by atoms with Crippen molar-refractivity contribution in [2.75, 3.05) is 11.9 Å². The first-order valence-corrected chi connectivity index (χ1v) is 14.0. The number of pyridine rings is 1. The van der Waals surface area contributed by atoms with Gasteiger partial charge in [-0.05, 0) is 30.2 Å². The first-order chi connectivity index (χ1) is 20.7. The molecule has 3 aromatic heterocycles. The second-order valence-corrected chi connectivity index (χ2v) is 10.1. The summed E-state index contributed by atoms with van der Waals surface area (Å²) in [4.78, 5) is 47.0. The van der Waals surface area contributed by atoms with Crippen LogP contribution >= 0.6 is 11.3 Å². The fraction of sp³-hybridized carbons (Fsp3) is 0.167. The van der Waals surface area contributed by atoms with Crippen molar-refractivity contribution < 1.29 is 27.5 Å². The second-order valence-electron chi connectivity index (χ2n) is 9.37. The molecule has 0 saturated carbocycles. The van der Waals surface area contributed by atoms with E-state index >= 15 is 0 Å². The van der Waals surface area contributed by atoms with Crippen LogP contribution in [0.2, 0.25) is 0 Å². The number of nitrogens with one attached hydrogen (secondary N) is 1. The Bertz CT molecular complexity index is 1780. The number of thiazole rings is 1. The lowest BCUT2D eigenvalue weighted by atomic mass is 10.1. The number of ketones is 1. The SMILES string of the molecule is O=C(Nc1ccn(-c2cn(CCCOCc3ccccc3)c(C(=O)c3cccc(C(F)(F)F)c3)n2)c(=O)c1)c1cscn1. The van der Waals surface area contributed by atoms with Gasteiger partial charge in [-0.1, -0.05) is 42.5 Å². The molecule has 220 valence electrons. The molecule has 9 nitrogen and oxygen atoms in total. The van der Waals surface area contributed by atoms with Gasteiger partial charge in [0.2, 0.25) is 5.78 Å². The van der Waals surface area contributed by atoms with E-state index in [-0.39, 0.29) is 35.1 Å². The quantitative estimate of drug-likeness (QED) is 0.155. The van der Waals surface area contributed by atoms with Crippen molar-refractivity contribution in [3.05, 3.63) is 129 Å². The Morgan fingerprint density at radius 2 is 1.84 bits per heavy atom. The zero-order valence-electron chi connectivity index (χ0n) is 22.5. The third kappa shape index (κ3) is 7.31. The molecule has 2 aromatic carbocycles. The first kappa shape index (κ1) is 29.6. The average molecular weight is 608 g/mol. The van der Waals surface area contributed by atoms with Crippen LogP contribution < -0.4 is 10.9 Å². The number of nitrogens with zero attached hydrogens (tertiary/aromatic N) is 4. The normalized spacial score (nSPS) is 11.4. The molecule has 3 heterocycles. The number of imidazole rings is 1. The van der Waals surface area contributed by atoms with Crippen molar-refractivity contribution in [2.45, 2.75) is 25.7 Å². The highest BCUT2D eigenvalue weighted by Gasteiger charge is 2.31. The summed E-state index contributed by atoms with van der Waals surface area (Å²) < 4.78 is 48.4. The number of aryl methyl sites for hydroxylation is 1. The maximum atomic E-state index is 13.4. The van der Waals surface area contributed by atoms with Gasteiger partial charge in [-0.2, -0.15) is 13.2 Å². The standard InChI is InChI=1S/C30H24F3N5O4S/c31-30(32,33)22-9-4-8-21(14-22)27(40)28-36-25(16-37(28)11-5-13-42-17-20-6-2-1-3-7-20)38-12-10-23(15-26(38)39)35-29(41)24-18-43-19-34-24/h1-4,6-10,12,14-16,18-19H,5,11,13,17H2,(H,35,41). The lowest BCUT2D eigenvalue weighted by Crippen LogP contribution is -2.20. The first-order valence-electron chi connectivity index (χ1n) is 13.0. The molecule has 5 rings (SSSR count). The molecule has 1 amide bonds. The van der Waals surface area contributed by atoms with Gasteiger partial charge < -0.3 is 14.6 Å². The number of hydrogen-bond acceptors (Lipinski definition) is 7. The summed E-state index contributed by atoms with van der Waals surface area (Å²) in [6.07, 6.45) is -1.31. The van der Waals surface area contributed by atoms with Crippen molar-refractivity contribution in [1.82, 2.24) is 19.1 Å². The van der Waals surface area contributed by atoms with Crippen LogP contribution in [0.15, 0.2) is 94.8 Å². The number of carbonyl (C=O) groups is 2. The lowest BCUT2D eigenvalue weighted by molar-refractivity contribution is -0.137.